The molecule has 0 aliphatic heterocycles. The molecule has 0 spiro atoms. The van der Waals surface area contributed by atoms with Gasteiger partial charge in [-0.05, 0) is 12.1 Å². The lowest BCUT2D eigenvalue weighted by Gasteiger charge is -2.21. The highest BCUT2D eigenvalue weighted by Crippen LogP contribution is 2.30. The third kappa shape index (κ3) is 3.36. The van der Waals surface area contributed by atoms with Crippen LogP contribution < -0.4 is 0 Å². The Labute approximate surface area is 116 Å². The van der Waals surface area contributed by atoms with Crippen molar-refractivity contribution in [1.29, 1.82) is 0 Å². The summed E-state index contributed by atoms with van der Waals surface area (Å²) in [5.41, 5.74) is 0.233. The summed E-state index contributed by atoms with van der Waals surface area (Å²) in [7, 11) is -3.58. The maximum absolute atomic E-state index is 11.7. The smallest absolute Gasteiger partial charge is 0.158 e. The molecule has 0 amide bonds. The van der Waals surface area contributed by atoms with Gasteiger partial charge in [-0.1, -0.05) is 36.2 Å². The molecule has 0 heterocycles. The van der Waals surface area contributed by atoms with Gasteiger partial charge in [0.2, 0.25) is 0 Å². The Morgan fingerprint density at radius 3 is 2.39 bits per heavy atom. The van der Waals surface area contributed by atoms with Crippen LogP contribution in [0.3, 0.4) is 0 Å². The van der Waals surface area contributed by atoms with Gasteiger partial charge in [-0.25, -0.2) is 8.42 Å². The Morgan fingerprint density at radius 2 is 1.94 bits per heavy atom. The van der Waals surface area contributed by atoms with Crippen molar-refractivity contribution in [2.24, 2.45) is 0 Å². The molecule has 1 aromatic carbocycles. The molecular weight excluding hydrogens is 299 g/mol. The van der Waals surface area contributed by atoms with Crippen LogP contribution in [0.1, 0.15) is 18.6 Å². The molecule has 7 heteroatoms. The number of aliphatic hydroxyl groups is 2. The Morgan fingerprint density at radius 1 is 1.33 bits per heavy atom. The number of aliphatic hydroxyl groups excluding tert-OH is 2. The van der Waals surface area contributed by atoms with E-state index in [9.17, 15) is 13.5 Å². The van der Waals surface area contributed by atoms with E-state index in [1.807, 2.05) is 0 Å². The molecule has 0 fully saturated rings. The summed E-state index contributed by atoms with van der Waals surface area (Å²) in [6, 6.07) is 4.36. The summed E-state index contributed by atoms with van der Waals surface area (Å²) >= 11 is 11.6. The quantitative estimate of drug-likeness (QED) is 0.869. The van der Waals surface area contributed by atoms with Crippen LogP contribution in [0.25, 0.3) is 0 Å². The second-order valence-corrected chi connectivity index (χ2v) is 7.14. The van der Waals surface area contributed by atoms with Crippen LogP contribution >= 0.6 is 23.2 Å². The van der Waals surface area contributed by atoms with Crippen molar-refractivity contribution in [3.05, 3.63) is 33.8 Å². The first-order valence-corrected chi connectivity index (χ1v) is 7.76. The average molecular weight is 313 g/mol. The molecule has 2 unspecified atom stereocenters. The molecule has 0 radical (unpaired) electrons. The maximum Gasteiger partial charge on any atom is 0.158 e. The SMILES string of the molecule is CCS(=O)(=O)C(CO)C(O)c1ccc(Cl)cc1Cl. The summed E-state index contributed by atoms with van der Waals surface area (Å²) in [5, 5.41) is 18.5. The van der Waals surface area contributed by atoms with Crippen molar-refractivity contribution in [3.8, 4) is 0 Å². The normalized spacial score (nSPS) is 15.4. The monoisotopic (exact) mass is 312 g/mol. The molecule has 102 valence electrons. The molecule has 0 aliphatic carbocycles. The van der Waals surface area contributed by atoms with Crippen LogP contribution in [0.15, 0.2) is 18.2 Å². The number of rotatable bonds is 5. The van der Waals surface area contributed by atoms with Gasteiger partial charge in [0, 0.05) is 21.4 Å². The third-order valence-corrected chi connectivity index (χ3v) is 5.37. The lowest BCUT2D eigenvalue weighted by molar-refractivity contribution is 0.138. The minimum atomic E-state index is -3.58. The second-order valence-electron chi connectivity index (χ2n) is 3.78. The van der Waals surface area contributed by atoms with Gasteiger partial charge in [0.05, 0.1) is 12.7 Å². The van der Waals surface area contributed by atoms with Gasteiger partial charge in [0.25, 0.3) is 0 Å². The molecule has 2 N–H and O–H groups in total. The third-order valence-electron chi connectivity index (χ3n) is 2.68. The Kier molecular flexibility index (Phi) is 5.43. The topological polar surface area (TPSA) is 74.6 Å². The van der Waals surface area contributed by atoms with Gasteiger partial charge in [-0.15, -0.1) is 0 Å². The van der Waals surface area contributed by atoms with Crippen molar-refractivity contribution in [1.82, 2.24) is 0 Å². The molecule has 18 heavy (non-hydrogen) atoms. The van der Waals surface area contributed by atoms with Crippen LogP contribution in [-0.4, -0.2) is 36.2 Å². The van der Waals surface area contributed by atoms with Crippen molar-refractivity contribution in [2.75, 3.05) is 12.4 Å². The van der Waals surface area contributed by atoms with Crippen molar-refractivity contribution in [3.63, 3.8) is 0 Å². The number of benzene rings is 1. The van der Waals surface area contributed by atoms with E-state index in [1.54, 1.807) is 0 Å². The fourth-order valence-electron chi connectivity index (χ4n) is 1.57. The van der Waals surface area contributed by atoms with Crippen LogP contribution in [0.4, 0.5) is 0 Å². The fraction of sp³-hybridized carbons (Fsp3) is 0.455. The van der Waals surface area contributed by atoms with Crippen molar-refractivity contribution < 1.29 is 18.6 Å². The van der Waals surface area contributed by atoms with Gasteiger partial charge >= 0.3 is 0 Å². The zero-order valence-corrected chi connectivity index (χ0v) is 12.0. The average Bonchev–Trinajstić information content (AvgIpc) is 2.29. The standard InChI is InChI=1S/C11H14Cl2O4S/c1-2-18(16,17)10(6-14)11(15)8-4-3-7(12)5-9(8)13/h3-5,10-11,14-15H,2,6H2,1H3. The van der Waals surface area contributed by atoms with E-state index in [2.05, 4.69) is 0 Å². The van der Waals surface area contributed by atoms with E-state index < -0.39 is 27.8 Å². The highest BCUT2D eigenvalue weighted by Gasteiger charge is 2.32. The summed E-state index contributed by atoms with van der Waals surface area (Å²) in [4.78, 5) is 0. The Hall–Kier alpha value is -0.330. The van der Waals surface area contributed by atoms with Gasteiger partial charge in [-0.2, -0.15) is 0 Å². The van der Waals surface area contributed by atoms with E-state index in [-0.39, 0.29) is 16.3 Å². The molecule has 0 bridgehead atoms. The van der Waals surface area contributed by atoms with Gasteiger partial charge in [0.15, 0.2) is 9.84 Å². The largest absolute Gasteiger partial charge is 0.395 e. The predicted molar refractivity (Wildman–Crippen MR) is 71.8 cm³/mol. The molecule has 0 saturated heterocycles. The zero-order valence-electron chi connectivity index (χ0n) is 9.68. The highest BCUT2D eigenvalue weighted by molar-refractivity contribution is 7.92. The van der Waals surface area contributed by atoms with Crippen LogP contribution in [0, 0.1) is 0 Å². The predicted octanol–water partition coefficient (Wildman–Crippen LogP) is 1.82. The van der Waals surface area contributed by atoms with E-state index in [1.165, 1.54) is 25.1 Å². The maximum atomic E-state index is 11.7. The lowest BCUT2D eigenvalue weighted by atomic mass is 10.1. The summed E-state index contributed by atoms with van der Waals surface area (Å²) in [6.45, 7) is 0.782. The second kappa shape index (κ2) is 6.21. The molecule has 0 aliphatic rings. The van der Waals surface area contributed by atoms with E-state index in [0.29, 0.717) is 5.02 Å². The number of hydrogen-bond acceptors (Lipinski definition) is 4. The highest BCUT2D eigenvalue weighted by atomic mass is 35.5. The molecule has 1 rings (SSSR count). The van der Waals surface area contributed by atoms with E-state index >= 15 is 0 Å². The first kappa shape index (κ1) is 15.7. The number of halogens is 2. The van der Waals surface area contributed by atoms with E-state index in [4.69, 9.17) is 28.3 Å². The Balaban J connectivity index is 3.15. The van der Waals surface area contributed by atoms with Gasteiger partial charge in [0.1, 0.15) is 5.25 Å². The molecule has 0 aromatic heterocycles. The summed E-state index contributed by atoms with van der Waals surface area (Å²) < 4.78 is 23.5. The number of hydrogen-bond donors (Lipinski definition) is 2. The molecular formula is C11H14Cl2O4S. The lowest BCUT2D eigenvalue weighted by Crippen LogP contribution is -2.33. The number of sulfone groups is 1. The molecule has 4 nitrogen and oxygen atoms in total. The minimum Gasteiger partial charge on any atom is -0.395 e. The summed E-state index contributed by atoms with van der Waals surface area (Å²) in [6.07, 6.45) is -1.38. The van der Waals surface area contributed by atoms with E-state index in [0.717, 1.165) is 0 Å². The van der Waals surface area contributed by atoms with Crippen LogP contribution in [0.5, 0.6) is 0 Å². The van der Waals surface area contributed by atoms with Crippen molar-refractivity contribution in [2.45, 2.75) is 18.3 Å². The molecule has 2 atom stereocenters. The zero-order chi connectivity index (χ0) is 13.9. The first-order chi connectivity index (χ1) is 8.33. The first-order valence-electron chi connectivity index (χ1n) is 5.29. The Bertz CT molecular complexity index is 516. The van der Waals surface area contributed by atoms with Crippen molar-refractivity contribution >= 4 is 33.0 Å². The van der Waals surface area contributed by atoms with Gasteiger partial charge < -0.3 is 10.2 Å². The molecule has 0 saturated carbocycles. The molecule has 1 aromatic rings. The van der Waals surface area contributed by atoms with Gasteiger partial charge in [-0.3, -0.25) is 0 Å². The summed E-state index contributed by atoms with van der Waals surface area (Å²) in [5.74, 6) is -0.166. The van der Waals surface area contributed by atoms with Crippen LogP contribution in [-0.2, 0) is 9.84 Å². The van der Waals surface area contributed by atoms with Crippen LogP contribution in [0.2, 0.25) is 10.0 Å². The fourth-order valence-corrected chi connectivity index (χ4v) is 3.28. The minimum absolute atomic E-state index is 0.166.